The van der Waals surface area contributed by atoms with Crippen molar-refractivity contribution < 1.29 is 0 Å². The number of rotatable bonds is 0. The van der Waals surface area contributed by atoms with Gasteiger partial charge in [0, 0.05) is 7.68 Å². The minimum Gasteiger partial charge on any atom is -0.274 e. The molecule has 0 aromatic heterocycles. The first-order chi connectivity index (χ1) is 2.27. The molecular weight excluding hydrogens is 102 g/mol. The molecule has 1 unspecified atom stereocenters. The van der Waals surface area contributed by atoms with E-state index in [-0.39, 0.29) is 0 Å². The van der Waals surface area contributed by atoms with E-state index in [9.17, 15) is 0 Å². The van der Waals surface area contributed by atoms with Crippen molar-refractivity contribution in [3.8, 4) is 5.37 Å². The van der Waals surface area contributed by atoms with Gasteiger partial charge < -0.3 is 0 Å². The van der Waals surface area contributed by atoms with Gasteiger partial charge in [0.25, 0.3) is 0 Å². The maximum absolute atomic E-state index is 5.00. The van der Waals surface area contributed by atoms with Crippen LogP contribution in [0.5, 0.6) is 0 Å². The number of hydrogen-bond acceptors (Lipinski definition) is 2. The Morgan fingerprint density at radius 2 is 1.80 bits per heavy atom. The lowest BCUT2D eigenvalue weighted by Gasteiger charge is -1.70. The van der Waals surface area contributed by atoms with Crippen molar-refractivity contribution in [2.75, 3.05) is 0 Å². The molecule has 0 aromatic rings. The molecule has 0 heterocycles. The minimum absolute atomic E-state index is 0.885. The highest BCUT2D eigenvalue weighted by atomic mass is 31.1. The van der Waals surface area contributed by atoms with Crippen LogP contribution in [0.25, 0.3) is 0 Å². The van der Waals surface area contributed by atoms with Gasteiger partial charge in [-0.15, -0.1) is 0 Å². The van der Waals surface area contributed by atoms with Crippen LogP contribution < -0.4 is 11.0 Å². The highest BCUT2D eigenvalue weighted by Crippen LogP contribution is 1.90. The van der Waals surface area contributed by atoms with E-state index in [1.165, 1.54) is 0 Å². The van der Waals surface area contributed by atoms with E-state index in [1.54, 1.807) is 0 Å². The van der Waals surface area contributed by atoms with Crippen LogP contribution in [0.4, 0.5) is 0 Å². The third kappa shape index (κ3) is 4.43. The summed E-state index contributed by atoms with van der Waals surface area (Å²) in [6, 6.07) is 0. The van der Waals surface area contributed by atoms with Crippen LogP contribution in [-0.2, 0) is 0 Å². The highest BCUT2D eigenvalue weighted by molar-refractivity contribution is 7.49. The highest BCUT2D eigenvalue weighted by Gasteiger charge is 1.51. The molecule has 30 valence electrons. The lowest BCUT2D eigenvalue weighted by molar-refractivity contribution is 1.85. The van der Waals surface area contributed by atoms with Crippen molar-refractivity contribution in [3.05, 3.63) is 0 Å². The summed E-state index contributed by atoms with van der Waals surface area (Å²) in [7, 11) is 1.34. The van der Waals surface area contributed by atoms with Crippen molar-refractivity contribution in [2.45, 2.75) is 0 Å². The van der Waals surface area contributed by atoms with Crippen LogP contribution in [0, 0.1) is 5.37 Å². The average Bonchev–Trinajstić information content (AvgIpc) is 1.38. The van der Waals surface area contributed by atoms with Crippen LogP contribution in [0.3, 0.4) is 0 Å². The van der Waals surface area contributed by atoms with Gasteiger partial charge in [-0.05, 0) is 0 Å². The SMILES string of the molecule is NP(N)#CP. The van der Waals surface area contributed by atoms with E-state index in [2.05, 4.69) is 14.6 Å². The zero-order valence-electron chi connectivity index (χ0n) is 2.68. The quantitative estimate of drug-likeness (QED) is 0.429. The first-order valence-electron chi connectivity index (χ1n) is 1.03. The van der Waals surface area contributed by atoms with Crippen molar-refractivity contribution in [2.24, 2.45) is 11.0 Å². The molecule has 0 spiro atoms. The fraction of sp³-hybridized carbons (Fsp3) is 0. The average molecular weight is 108 g/mol. The Hall–Kier alpha value is 0.430. The second kappa shape index (κ2) is 2.66. The Kier molecular flexibility index (Phi) is 2.88. The second-order valence-electron chi connectivity index (χ2n) is 0.536. The normalized spacial score (nSPS) is 6.20. The summed E-state index contributed by atoms with van der Waals surface area (Å²) in [5.74, 6) is 0. The molecule has 0 aliphatic heterocycles. The molecule has 0 rings (SSSR count). The lowest BCUT2D eigenvalue weighted by atomic mass is 11.9. The Morgan fingerprint density at radius 3 is 1.80 bits per heavy atom. The van der Waals surface area contributed by atoms with Gasteiger partial charge >= 0.3 is 0 Å². The van der Waals surface area contributed by atoms with E-state index in [1.807, 2.05) is 0 Å². The number of hydrogen-bond donors (Lipinski definition) is 2. The van der Waals surface area contributed by atoms with Gasteiger partial charge in [-0.3, -0.25) is 11.0 Å². The zero-order chi connectivity index (χ0) is 4.28. The third-order valence-electron chi connectivity index (χ3n) is 0.149. The summed E-state index contributed by atoms with van der Waals surface area (Å²) < 4.78 is 0. The summed E-state index contributed by atoms with van der Waals surface area (Å²) >= 11 is 0. The van der Waals surface area contributed by atoms with E-state index in [0.717, 1.165) is 0 Å². The third-order valence-corrected chi connectivity index (χ3v) is 1.34. The molecule has 4 heteroatoms. The Labute approximate surface area is 34.3 Å². The molecule has 0 bridgehead atoms. The second-order valence-corrected chi connectivity index (χ2v) is 2.38. The molecule has 0 saturated carbocycles. The van der Waals surface area contributed by atoms with Gasteiger partial charge in [0.15, 0.2) is 0 Å². The van der Waals surface area contributed by atoms with Crippen molar-refractivity contribution in [1.82, 2.24) is 0 Å². The molecule has 1 atom stereocenters. The fourth-order valence-electron chi connectivity index (χ4n) is 0. The van der Waals surface area contributed by atoms with Crippen molar-refractivity contribution in [1.29, 1.82) is 0 Å². The molecule has 2 nitrogen and oxygen atoms in total. The molecule has 5 heavy (non-hydrogen) atoms. The van der Waals surface area contributed by atoms with Crippen LogP contribution in [0.1, 0.15) is 0 Å². The smallest absolute Gasteiger partial charge is 0.0317 e. The summed E-state index contributed by atoms with van der Waals surface area (Å²) in [4.78, 5) is 0. The van der Waals surface area contributed by atoms with Crippen molar-refractivity contribution >= 4 is 16.9 Å². The molecule has 0 aromatic carbocycles. The monoisotopic (exact) mass is 108 g/mol. The largest absolute Gasteiger partial charge is 0.274 e. The summed E-state index contributed by atoms with van der Waals surface area (Å²) in [6.07, 6.45) is 0. The summed E-state index contributed by atoms with van der Waals surface area (Å²) in [5, 5.41) is 2.56. The topological polar surface area (TPSA) is 52.0 Å². The fourth-order valence-corrected chi connectivity index (χ4v) is 0. The van der Waals surface area contributed by atoms with Gasteiger partial charge in [0.05, 0.1) is 0 Å². The molecule has 0 aliphatic rings. The summed E-state index contributed by atoms with van der Waals surface area (Å²) in [5.41, 5.74) is 10.0. The maximum Gasteiger partial charge on any atom is 0.0317 e. The summed E-state index contributed by atoms with van der Waals surface area (Å²) in [6.45, 7) is 0. The van der Waals surface area contributed by atoms with Crippen LogP contribution >= 0.6 is 16.9 Å². The van der Waals surface area contributed by atoms with E-state index < -0.39 is 7.68 Å². The number of nitrogens with two attached hydrogens (primary N) is 2. The molecule has 0 fully saturated rings. The molecule has 0 radical (unpaired) electrons. The Morgan fingerprint density at radius 1 is 1.60 bits per heavy atom. The van der Waals surface area contributed by atoms with Crippen molar-refractivity contribution in [3.63, 3.8) is 0 Å². The van der Waals surface area contributed by atoms with Crippen LogP contribution in [0.2, 0.25) is 0 Å². The lowest BCUT2D eigenvalue weighted by Crippen LogP contribution is -1.83. The van der Waals surface area contributed by atoms with Gasteiger partial charge in [-0.25, -0.2) is 0 Å². The van der Waals surface area contributed by atoms with Crippen LogP contribution in [-0.4, -0.2) is 0 Å². The molecular formula is CH6N2P2. The Bertz CT molecular complexity index is 78.8. The van der Waals surface area contributed by atoms with Gasteiger partial charge in [0.2, 0.25) is 0 Å². The predicted molar refractivity (Wildman–Crippen MR) is 28.9 cm³/mol. The van der Waals surface area contributed by atoms with E-state index >= 15 is 0 Å². The van der Waals surface area contributed by atoms with Gasteiger partial charge in [-0.1, -0.05) is 14.6 Å². The van der Waals surface area contributed by atoms with E-state index in [4.69, 9.17) is 11.0 Å². The molecule has 0 aliphatic carbocycles. The maximum atomic E-state index is 5.00. The first-order valence-corrected chi connectivity index (χ1v) is 3.09. The van der Waals surface area contributed by atoms with E-state index in [0.29, 0.717) is 0 Å². The predicted octanol–water partition coefficient (Wildman–Crippen LogP) is 0.00750. The molecule has 4 N–H and O–H groups in total. The zero-order valence-corrected chi connectivity index (χ0v) is 4.73. The minimum atomic E-state index is -0.885. The standard InChI is InChI=1S/CH6N2P2/c2-5(3)1-4/h2-4H2. The molecule has 0 amide bonds. The van der Waals surface area contributed by atoms with Crippen LogP contribution in [0.15, 0.2) is 0 Å². The van der Waals surface area contributed by atoms with Gasteiger partial charge in [-0.2, -0.15) is 0 Å². The first kappa shape index (κ1) is 5.43. The molecule has 0 saturated heterocycles. The van der Waals surface area contributed by atoms with Gasteiger partial charge in [0.1, 0.15) is 0 Å². The Balaban J connectivity index is 3.42.